The van der Waals surface area contributed by atoms with Crippen LogP contribution in [0.5, 0.6) is 5.75 Å². The Morgan fingerprint density at radius 1 is 1.00 bits per heavy atom. The lowest BCUT2D eigenvalue weighted by molar-refractivity contribution is 0.345. The first-order valence-corrected chi connectivity index (χ1v) is 11.8. The number of ether oxygens (including phenoxy) is 1. The van der Waals surface area contributed by atoms with Crippen molar-refractivity contribution in [2.24, 2.45) is 0 Å². The zero-order valence-electron chi connectivity index (χ0n) is 15.6. The molecule has 1 aliphatic heterocycles. The summed E-state index contributed by atoms with van der Waals surface area (Å²) in [5.74, 6) is 0.0651. The zero-order valence-corrected chi connectivity index (χ0v) is 17.3. The summed E-state index contributed by atoms with van der Waals surface area (Å²) in [5, 5.41) is -0.693. The fourth-order valence-corrected chi connectivity index (χ4v) is 6.78. The number of halogens is 1. The number of nitrogens with zero attached hydrogens (tertiary/aromatic N) is 1. The Kier molecular flexibility index (Phi) is 5.79. The van der Waals surface area contributed by atoms with Gasteiger partial charge in [-0.1, -0.05) is 0 Å². The first kappa shape index (κ1) is 20.8. The van der Waals surface area contributed by atoms with Gasteiger partial charge in [0.05, 0.1) is 22.2 Å². The third kappa shape index (κ3) is 3.92. The number of methoxy groups -OCH3 is 1. The predicted molar refractivity (Wildman–Crippen MR) is 103 cm³/mol. The minimum atomic E-state index is -3.72. The van der Waals surface area contributed by atoms with Gasteiger partial charge in [0.1, 0.15) is 11.6 Å². The summed E-state index contributed by atoms with van der Waals surface area (Å²) in [6.07, 6.45) is 0.377. The molecule has 1 saturated heterocycles. The number of piperidine rings is 1. The standard InChI is InChI=1S/C19H22FNO5S2/c1-14-13-16(26-2)5-8-19(14)28(24,25)21-11-9-18(10-12-21)27(22,23)17-6-3-15(20)4-7-17/h3-8,13,18H,9-12H2,1-2H3. The minimum absolute atomic E-state index is 0.0567. The summed E-state index contributed by atoms with van der Waals surface area (Å²) in [6.45, 7) is 1.92. The van der Waals surface area contributed by atoms with Gasteiger partial charge in [-0.05, 0) is 67.8 Å². The molecule has 152 valence electrons. The minimum Gasteiger partial charge on any atom is -0.497 e. The third-order valence-electron chi connectivity index (χ3n) is 4.98. The molecule has 0 spiro atoms. The second kappa shape index (κ2) is 7.81. The van der Waals surface area contributed by atoms with Crippen LogP contribution in [0.25, 0.3) is 0 Å². The van der Waals surface area contributed by atoms with E-state index in [4.69, 9.17) is 4.74 Å². The van der Waals surface area contributed by atoms with Crippen LogP contribution in [0.4, 0.5) is 4.39 Å². The highest BCUT2D eigenvalue weighted by atomic mass is 32.2. The maximum absolute atomic E-state index is 13.1. The molecule has 0 saturated carbocycles. The van der Waals surface area contributed by atoms with Gasteiger partial charge in [0.25, 0.3) is 0 Å². The normalized spacial score (nSPS) is 16.8. The summed E-state index contributed by atoms with van der Waals surface area (Å²) in [7, 11) is -5.85. The molecule has 1 heterocycles. The van der Waals surface area contributed by atoms with Gasteiger partial charge >= 0.3 is 0 Å². The summed E-state index contributed by atoms with van der Waals surface area (Å²) >= 11 is 0. The highest BCUT2D eigenvalue weighted by molar-refractivity contribution is 7.92. The van der Waals surface area contributed by atoms with Crippen molar-refractivity contribution in [3.8, 4) is 5.75 Å². The fourth-order valence-electron chi connectivity index (χ4n) is 3.38. The Labute approximate surface area is 164 Å². The SMILES string of the molecule is COc1ccc(S(=O)(=O)N2CCC(S(=O)(=O)c3ccc(F)cc3)CC2)c(C)c1. The predicted octanol–water partition coefficient (Wildman–Crippen LogP) is 2.77. The molecular weight excluding hydrogens is 405 g/mol. The molecule has 6 nitrogen and oxygen atoms in total. The van der Waals surface area contributed by atoms with Crippen molar-refractivity contribution in [1.82, 2.24) is 4.31 Å². The van der Waals surface area contributed by atoms with Gasteiger partial charge in [0, 0.05) is 13.1 Å². The van der Waals surface area contributed by atoms with Crippen LogP contribution in [0.3, 0.4) is 0 Å². The van der Waals surface area contributed by atoms with Gasteiger partial charge < -0.3 is 4.74 Å². The maximum atomic E-state index is 13.1. The smallest absolute Gasteiger partial charge is 0.243 e. The number of benzene rings is 2. The Morgan fingerprint density at radius 3 is 2.14 bits per heavy atom. The first-order valence-electron chi connectivity index (χ1n) is 8.80. The number of sulfonamides is 1. The van der Waals surface area contributed by atoms with Crippen molar-refractivity contribution < 1.29 is 26.0 Å². The van der Waals surface area contributed by atoms with E-state index in [1.54, 1.807) is 19.1 Å². The molecule has 1 aliphatic rings. The van der Waals surface area contributed by atoms with Gasteiger partial charge in [-0.15, -0.1) is 0 Å². The van der Waals surface area contributed by atoms with Crippen LogP contribution in [0, 0.1) is 12.7 Å². The fraction of sp³-hybridized carbons (Fsp3) is 0.368. The quantitative estimate of drug-likeness (QED) is 0.686. The van der Waals surface area contributed by atoms with E-state index in [-0.39, 0.29) is 35.7 Å². The maximum Gasteiger partial charge on any atom is 0.243 e. The van der Waals surface area contributed by atoms with E-state index in [1.807, 2.05) is 0 Å². The van der Waals surface area contributed by atoms with Crippen molar-refractivity contribution in [2.45, 2.75) is 34.8 Å². The number of hydrogen-bond donors (Lipinski definition) is 0. The van der Waals surface area contributed by atoms with Crippen LogP contribution in [-0.4, -0.2) is 46.6 Å². The topological polar surface area (TPSA) is 80.8 Å². The molecule has 0 radical (unpaired) electrons. The van der Waals surface area contributed by atoms with E-state index in [9.17, 15) is 21.2 Å². The monoisotopic (exact) mass is 427 g/mol. The second-order valence-electron chi connectivity index (χ2n) is 6.73. The first-order chi connectivity index (χ1) is 13.2. The molecule has 28 heavy (non-hydrogen) atoms. The van der Waals surface area contributed by atoms with Crippen LogP contribution in [-0.2, 0) is 19.9 Å². The van der Waals surface area contributed by atoms with E-state index in [1.165, 1.54) is 29.6 Å². The molecular formula is C19H22FNO5S2. The van der Waals surface area contributed by atoms with Gasteiger partial charge in [0.15, 0.2) is 9.84 Å². The Bertz CT molecular complexity index is 1060. The average molecular weight is 428 g/mol. The lowest BCUT2D eigenvalue weighted by Crippen LogP contribution is -2.42. The van der Waals surface area contributed by atoms with Gasteiger partial charge in [-0.2, -0.15) is 4.31 Å². The summed E-state index contributed by atoms with van der Waals surface area (Å²) < 4.78 is 70.9. The second-order valence-corrected chi connectivity index (χ2v) is 10.9. The largest absolute Gasteiger partial charge is 0.497 e. The van der Waals surface area contributed by atoms with Gasteiger partial charge in [-0.25, -0.2) is 21.2 Å². The van der Waals surface area contributed by atoms with Crippen molar-refractivity contribution in [3.63, 3.8) is 0 Å². The van der Waals surface area contributed by atoms with E-state index in [0.29, 0.717) is 11.3 Å². The average Bonchev–Trinajstić information content (AvgIpc) is 2.68. The van der Waals surface area contributed by atoms with E-state index in [2.05, 4.69) is 0 Å². The number of sulfone groups is 1. The van der Waals surface area contributed by atoms with Crippen molar-refractivity contribution in [1.29, 1.82) is 0 Å². The zero-order chi connectivity index (χ0) is 20.5. The van der Waals surface area contributed by atoms with Gasteiger partial charge in [-0.3, -0.25) is 0 Å². The van der Waals surface area contributed by atoms with Crippen LogP contribution in [0.2, 0.25) is 0 Å². The lowest BCUT2D eigenvalue weighted by atomic mass is 10.2. The molecule has 3 rings (SSSR count). The Hall–Kier alpha value is -1.97. The molecule has 2 aromatic rings. The highest BCUT2D eigenvalue weighted by Gasteiger charge is 2.36. The van der Waals surface area contributed by atoms with Crippen LogP contribution >= 0.6 is 0 Å². The van der Waals surface area contributed by atoms with E-state index in [0.717, 1.165) is 12.1 Å². The van der Waals surface area contributed by atoms with Crippen LogP contribution < -0.4 is 4.74 Å². The van der Waals surface area contributed by atoms with Crippen molar-refractivity contribution in [3.05, 3.63) is 53.8 Å². The van der Waals surface area contributed by atoms with Gasteiger partial charge in [0.2, 0.25) is 10.0 Å². The number of hydrogen-bond acceptors (Lipinski definition) is 5. The number of aryl methyl sites for hydroxylation is 1. The molecule has 0 N–H and O–H groups in total. The van der Waals surface area contributed by atoms with Crippen LogP contribution in [0.1, 0.15) is 18.4 Å². The molecule has 0 aliphatic carbocycles. The molecule has 0 aromatic heterocycles. The summed E-state index contributed by atoms with van der Waals surface area (Å²) in [5.41, 5.74) is 0.570. The lowest BCUT2D eigenvalue weighted by Gasteiger charge is -2.31. The van der Waals surface area contributed by atoms with Crippen molar-refractivity contribution in [2.75, 3.05) is 20.2 Å². The van der Waals surface area contributed by atoms with E-state index < -0.39 is 30.9 Å². The molecule has 0 unspecified atom stereocenters. The highest BCUT2D eigenvalue weighted by Crippen LogP contribution is 2.29. The Morgan fingerprint density at radius 2 is 1.61 bits per heavy atom. The van der Waals surface area contributed by atoms with Crippen molar-refractivity contribution >= 4 is 19.9 Å². The summed E-state index contributed by atoms with van der Waals surface area (Å²) in [6, 6.07) is 9.45. The Balaban J connectivity index is 1.77. The summed E-state index contributed by atoms with van der Waals surface area (Å²) in [4.78, 5) is 0.245. The molecule has 0 bridgehead atoms. The molecule has 9 heteroatoms. The third-order valence-corrected chi connectivity index (χ3v) is 9.32. The van der Waals surface area contributed by atoms with E-state index >= 15 is 0 Å². The number of rotatable bonds is 5. The van der Waals surface area contributed by atoms with Crippen LogP contribution in [0.15, 0.2) is 52.3 Å². The molecule has 0 atom stereocenters. The molecule has 2 aromatic carbocycles. The molecule has 1 fully saturated rings. The molecule has 0 amide bonds.